The molecule has 19 heavy (non-hydrogen) atoms. The minimum atomic E-state index is -3.79. The van der Waals surface area contributed by atoms with Crippen molar-refractivity contribution in [1.29, 1.82) is 0 Å². The number of aliphatic hydroxyl groups is 2. The van der Waals surface area contributed by atoms with Gasteiger partial charge in [0.2, 0.25) is 10.0 Å². The van der Waals surface area contributed by atoms with E-state index in [1.807, 2.05) is 13.8 Å². The van der Waals surface area contributed by atoms with Crippen LogP contribution in [0.3, 0.4) is 0 Å². The largest absolute Gasteiger partial charge is 0.398 e. The molecule has 1 aromatic rings. The van der Waals surface area contributed by atoms with Gasteiger partial charge in [-0.15, -0.1) is 0 Å². The third-order valence-corrected chi connectivity index (χ3v) is 5.36. The fourth-order valence-corrected chi connectivity index (χ4v) is 3.76. The van der Waals surface area contributed by atoms with Crippen molar-refractivity contribution in [1.82, 2.24) is 4.31 Å². The van der Waals surface area contributed by atoms with E-state index in [1.54, 1.807) is 6.07 Å². The molecule has 0 bridgehead atoms. The number of sulfonamides is 1. The number of benzene rings is 1. The van der Waals surface area contributed by atoms with E-state index in [0.29, 0.717) is 0 Å². The molecule has 2 rings (SSSR count). The molecule has 2 atom stereocenters. The molecule has 1 fully saturated rings. The summed E-state index contributed by atoms with van der Waals surface area (Å²) in [6.45, 7) is 3.43. The minimum Gasteiger partial charge on any atom is -0.398 e. The standard InChI is InChI=1S/C12H18N2O4S/c1-7-3-9(13)12(4-8(7)2)19(17,18)14-5-10(15)11(16)6-14/h3-4,10-11,15-16H,5-6,13H2,1-2H3. The first-order valence-electron chi connectivity index (χ1n) is 5.96. The molecule has 4 N–H and O–H groups in total. The van der Waals surface area contributed by atoms with Crippen molar-refractivity contribution in [3.8, 4) is 0 Å². The molecule has 0 saturated carbocycles. The summed E-state index contributed by atoms with van der Waals surface area (Å²) in [6.07, 6.45) is -2.11. The van der Waals surface area contributed by atoms with Crippen molar-refractivity contribution in [3.05, 3.63) is 23.3 Å². The molecule has 0 aliphatic carbocycles. The van der Waals surface area contributed by atoms with Crippen LogP contribution in [0.1, 0.15) is 11.1 Å². The summed E-state index contributed by atoms with van der Waals surface area (Å²) < 4.78 is 25.9. The highest BCUT2D eigenvalue weighted by Crippen LogP contribution is 2.28. The van der Waals surface area contributed by atoms with Crippen molar-refractivity contribution >= 4 is 15.7 Å². The Kier molecular flexibility index (Phi) is 3.57. The van der Waals surface area contributed by atoms with E-state index in [-0.39, 0.29) is 23.7 Å². The fourth-order valence-electron chi connectivity index (χ4n) is 2.11. The Hall–Kier alpha value is -1.15. The van der Waals surface area contributed by atoms with Crippen LogP contribution in [0.15, 0.2) is 17.0 Å². The first-order valence-corrected chi connectivity index (χ1v) is 7.40. The van der Waals surface area contributed by atoms with Crippen LogP contribution in [-0.2, 0) is 10.0 Å². The van der Waals surface area contributed by atoms with Crippen molar-refractivity contribution in [2.24, 2.45) is 0 Å². The molecule has 1 saturated heterocycles. The summed E-state index contributed by atoms with van der Waals surface area (Å²) in [6, 6.07) is 3.14. The van der Waals surface area contributed by atoms with Crippen LogP contribution in [0.2, 0.25) is 0 Å². The Morgan fingerprint density at radius 2 is 1.63 bits per heavy atom. The lowest BCUT2D eigenvalue weighted by atomic mass is 10.1. The van der Waals surface area contributed by atoms with Crippen LogP contribution < -0.4 is 5.73 Å². The quantitative estimate of drug-likeness (QED) is 0.642. The van der Waals surface area contributed by atoms with E-state index < -0.39 is 22.2 Å². The van der Waals surface area contributed by atoms with Gasteiger partial charge in [0.15, 0.2) is 0 Å². The zero-order chi connectivity index (χ0) is 14.4. The summed E-state index contributed by atoms with van der Waals surface area (Å²) >= 11 is 0. The summed E-state index contributed by atoms with van der Waals surface area (Å²) in [5.74, 6) is 0. The molecule has 2 unspecified atom stereocenters. The van der Waals surface area contributed by atoms with Gasteiger partial charge >= 0.3 is 0 Å². The van der Waals surface area contributed by atoms with Crippen LogP contribution in [-0.4, -0.2) is 48.2 Å². The lowest BCUT2D eigenvalue weighted by Gasteiger charge is -2.18. The molecule has 7 heteroatoms. The Labute approximate surface area is 112 Å². The van der Waals surface area contributed by atoms with Gasteiger partial charge < -0.3 is 15.9 Å². The highest BCUT2D eigenvalue weighted by atomic mass is 32.2. The zero-order valence-corrected chi connectivity index (χ0v) is 11.7. The monoisotopic (exact) mass is 286 g/mol. The van der Waals surface area contributed by atoms with Gasteiger partial charge in [-0.1, -0.05) is 0 Å². The number of aryl methyl sites for hydroxylation is 2. The predicted octanol–water partition coefficient (Wildman–Crippen LogP) is -0.388. The SMILES string of the molecule is Cc1cc(N)c(S(=O)(=O)N2CC(O)C(O)C2)cc1C. The molecule has 0 aromatic heterocycles. The molecule has 1 aromatic carbocycles. The summed E-state index contributed by atoms with van der Waals surface area (Å²) in [5, 5.41) is 18.9. The van der Waals surface area contributed by atoms with E-state index >= 15 is 0 Å². The van der Waals surface area contributed by atoms with Gasteiger partial charge in [0.1, 0.15) is 4.90 Å². The summed E-state index contributed by atoms with van der Waals surface area (Å²) in [4.78, 5) is 0.0249. The number of β-amino-alcohol motifs (C(OH)–C–C–N with tert-alkyl or cyclic N) is 2. The third kappa shape index (κ3) is 2.46. The highest BCUT2D eigenvalue weighted by Gasteiger charge is 2.38. The number of nitrogens with two attached hydrogens (primary N) is 1. The molecular formula is C12H18N2O4S. The summed E-state index contributed by atoms with van der Waals surface area (Å²) in [5.41, 5.74) is 7.70. The Bertz CT molecular complexity index is 590. The maximum Gasteiger partial charge on any atom is 0.245 e. The average Bonchev–Trinajstić information content (AvgIpc) is 2.65. The van der Waals surface area contributed by atoms with Crippen LogP contribution in [0.4, 0.5) is 5.69 Å². The molecule has 0 amide bonds. The maximum atomic E-state index is 12.4. The van der Waals surface area contributed by atoms with Gasteiger partial charge in [0.25, 0.3) is 0 Å². The smallest absolute Gasteiger partial charge is 0.245 e. The number of nitrogen functional groups attached to an aromatic ring is 1. The van der Waals surface area contributed by atoms with Crippen molar-refractivity contribution in [2.45, 2.75) is 31.0 Å². The van der Waals surface area contributed by atoms with E-state index in [1.165, 1.54) is 6.07 Å². The van der Waals surface area contributed by atoms with Crippen LogP contribution in [0.5, 0.6) is 0 Å². The molecule has 1 aliphatic heterocycles. The molecule has 0 radical (unpaired) electrons. The van der Waals surface area contributed by atoms with Gasteiger partial charge in [0, 0.05) is 13.1 Å². The van der Waals surface area contributed by atoms with E-state index in [0.717, 1.165) is 15.4 Å². The molecule has 6 nitrogen and oxygen atoms in total. The second-order valence-electron chi connectivity index (χ2n) is 4.93. The summed E-state index contributed by atoms with van der Waals surface area (Å²) in [7, 11) is -3.79. The number of rotatable bonds is 2. The number of nitrogens with zero attached hydrogens (tertiary/aromatic N) is 1. The van der Waals surface area contributed by atoms with E-state index in [9.17, 15) is 18.6 Å². The molecule has 106 valence electrons. The molecule has 1 aliphatic rings. The number of anilines is 1. The number of hydrogen-bond acceptors (Lipinski definition) is 5. The molecule has 0 spiro atoms. The number of aliphatic hydroxyl groups excluding tert-OH is 2. The normalized spacial score (nSPS) is 24.8. The molecule has 1 heterocycles. The van der Waals surface area contributed by atoms with Gasteiger partial charge in [-0.05, 0) is 37.1 Å². The second-order valence-corrected chi connectivity index (χ2v) is 6.84. The van der Waals surface area contributed by atoms with Gasteiger partial charge in [0.05, 0.1) is 17.9 Å². The van der Waals surface area contributed by atoms with Crippen LogP contribution in [0.25, 0.3) is 0 Å². The maximum absolute atomic E-state index is 12.4. The van der Waals surface area contributed by atoms with Gasteiger partial charge in [-0.25, -0.2) is 8.42 Å². The second kappa shape index (κ2) is 4.75. The Morgan fingerprint density at radius 3 is 2.16 bits per heavy atom. The van der Waals surface area contributed by atoms with Crippen molar-refractivity contribution in [3.63, 3.8) is 0 Å². The van der Waals surface area contributed by atoms with Crippen LogP contribution >= 0.6 is 0 Å². The van der Waals surface area contributed by atoms with E-state index in [2.05, 4.69) is 0 Å². The van der Waals surface area contributed by atoms with Crippen molar-refractivity contribution in [2.75, 3.05) is 18.8 Å². The van der Waals surface area contributed by atoms with E-state index in [4.69, 9.17) is 5.73 Å². The lowest BCUT2D eigenvalue weighted by Crippen LogP contribution is -2.30. The predicted molar refractivity (Wildman–Crippen MR) is 71.1 cm³/mol. The zero-order valence-electron chi connectivity index (χ0n) is 10.9. The Balaban J connectivity index is 2.43. The number of hydrogen-bond donors (Lipinski definition) is 3. The third-order valence-electron chi connectivity index (χ3n) is 3.47. The van der Waals surface area contributed by atoms with Gasteiger partial charge in [-0.3, -0.25) is 0 Å². The highest BCUT2D eigenvalue weighted by molar-refractivity contribution is 7.89. The fraction of sp³-hybridized carbons (Fsp3) is 0.500. The molecular weight excluding hydrogens is 268 g/mol. The first kappa shape index (κ1) is 14.3. The lowest BCUT2D eigenvalue weighted by molar-refractivity contribution is 0.0572. The average molecular weight is 286 g/mol. The first-order chi connectivity index (χ1) is 8.73. The minimum absolute atomic E-state index is 0.0249. The topological polar surface area (TPSA) is 104 Å². The van der Waals surface area contributed by atoms with Crippen LogP contribution in [0, 0.1) is 13.8 Å². The van der Waals surface area contributed by atoms with Crippen molar-refractivity contribution < 1.29 is 18.6 Å². The Morgan fingerprint density at radius 1 is 1.16 bits per heavy atom. The van der Waals surface area contributed by atoms with Gasteiger partial charge in [-0.2, -0.15) is 4.31 Å².